The Balaban J connectivity index is 2.36. The molecule has 0 amide bonds. The van der Waals surface area contributed by atoms with Crippen molar-refractivity contribution in [1.29, 1.82) is 0 Å². The average molecular weight is 210 g/mol. The van der Waals surface area contributed by atoms with E-state index in [-0.39, 0.29) is 6.61 Å². The minimum absolute atomic E-state index is 0.266. The Bertz CT molecular complexity index is 293. The van der Waals surface area contributed by atoms with Gasteiger partial charge in [-0.3, -0.25) is 4.98 Å². The summed E-state index contributed by atoms with van der Waals surface area (Å²) in [6.07, 6.45) is 6.14. The van der Waals surface area contributed by atoms with Crippen LogP contribution in [0.3, 0.4) is 0 Å². The van der Waals surface area contributed by atoms with E-state index >= 15 is 0 Å². The number of hydrogen-bond donors (Lipinski definition) is 2. The molecular weight excluding hydrogens is 192 g/mol. The number of aliphatic hydroxyl groups excluding tert-OH is 1. The number of nitrogens with zero attached hydrogens (tertiary/aromatic N) is 3. The van der Waals surface area contributed by atoms with Gasteiger partial charge in [0.2, 0.25) is 0 Å². The molecule has 0 spiro atoms. The van der Waals surface area contributed by atoms with Crippen LogP contribution in [0.5, 0.6) is 0 Å². The Morgan fingerprint density at radius 2 is 2.13 bits per heavy atom. The van der Waals surface area contributed by atoms with Gasteiger partial charge in [-0.1, -0.05) is 0 Å². The van der Waals surface area contributed by atoms with Crippen LogP contribution in [0.1, 0.15) is 19.3 Å². The van der Waals surface area contributed by atoms with Crippen molar-refractivity contribution in [2.75, 3.05) is 30.8 Å². The quantitative estimate of drug-likeness (QED) is 0.674. The maximum atomic E-state index is 8.63. The standard InChI is InChI=1S/C10H18N4O/c1-14(5-3-2-4-6-15)10-8-12-7-9(11)13-10/h7-8,15H,2-6H2,1H3,(H2,11,13). The lowest BCUT2D eigenvalue weighted by Gasteiger charge is -2.17. The largest absolute Gasteiger partial charge is 0.396 e. The van der Waals surface area contributed by atoms with Crippen LogP contribution in [0.2, 0.25) is 0 Å². The molecule has 15 heavy (non-hydrogen) atoms. The highest BCUT2D eigenvalue weighted by Gasteiger charge is 2.02. The molecule has 1 aromatic heterocycles. The summed E-state index contributed by atoms with van der Waals surface area (Å²) in [5.41, 5.74) is 5.54. The van der Waals surface area contributed by atoms with Crippen LogP contribution in [0.25, 0.3) is 0 Å². The summed E-state index contributed by atoms with van der Waals surface area (Å²) in [4.78, 5) is 10.2. The van der Waals surface area contributed by atoms with Gasteiger partial charge in [0.15, 0.2) is 0 Å². The second-order valence-electron chi connectivity index (χ2n) is 3.51. The Hall–Kier alpha value is -1.36. The van der Waals surface area contributed by atoms with E-state index in [1.54, 1.807) is 6.20 Å². The lowest BCUT2D eigenvalue weighted by atomic mass is 10.2. The molecule has 84 valence electrons. The van der Waals surface area contributed by atoms with Crippen molar-refractivity contribution in [2.45, 2.75) is 19.3 Å². The van der Waals surface area contributed by atoms with Crippen molar-refractivity contribution in [1.82, 2.24) is 9.97 Å². The van der Waals surface area contributed by atoms with E-state index in [1.807, 2.05) is 11.9 Å². The number of unbranched alkanes of at least 4 members (excludes halogenated alkanes) is 2. The van der Waals surface area contributed by atoms with Crippen molar-refractivity contribution < 1.29 is 5.11 Å². The lowest BCUT2D eigenvalue weighted by Crippen LogP contribution is -2.20. The van der Waals surface area contributed by atoms with Gasteiger partial charge in [-0.25, -0.2) is 4.98 Å². The summed E-state index contributed by atoms with van der Waals surface area (Å²) < 4.78 is 0. The summed E-state index contributed by atoms with van der Waals surface area (Å²) in [5, 5.41) is 8.63. The van der Waals surface area contributed by atoms with E-state index in [0.29, 0.717) is 5.82 Å². The fourth-order valence-electron chi connectivity index (χ4n) is 1.31. The number of nitrogen functional groups attached to an aromatic ring is 1. The first-order chi connectivity index (χ1) is 7.24. The molecule has 0 saturated heterocycles. The molecule has 3 N–H and O–H groups in total. The van der Waals surface area contributed by atoms with E-state index in [9.17, 15) is 0 Å². The molecule has 0 bridgehead atoms. The molecule has 0 fully saturated rings. The zero-order valence-electron chi connectivity index (χ0n) is 9.06. The Labute approximate surface area is 90.0 Å². The predicted octanol–water partition coefficient (Wildman–Crippen LogP) is 0.658. The van der Waals surface area contributed by atoms with Crippen molar-refractivity contribution in [3.8, 4) is 0 Å². The normalized spacial score (nSPS) is 10.3. The third-order valence-corrected chi connectivity index (χ3v) is 2.18. The first kappa shape index (κ1) is 11.7. The van der Waals surface area contributed by atoms with Gasteiger partial charge < -0.3 is 15.7 Å². The zero-order valence-corrected chi connectivity index (χ0v) is 9.06. The minimum Gasteiger partial charge on any atom is -0.396 e. The molecule has 0 saturated carbocycles. The Morgan fingerprint density at radius 3 is 2.80 bits per heavy atom. The van der Waals surface area contributed by atoms with E-state index in [0.717, 1.165) is 31.6 Å². The van der Waals surface area contributed by atoms with Gasteiger partial charge in [-0.2, -0.15) is 0 Å². The molecule has 0 aromatic carbocycles. The number of nitrogens with two attached hydrogens (primary N) is 1. The average Bonchev–Trinajstić information content (AvgIpc) is 2.24. The molecular formula is C10H18N4O. The van der Waals surface area contributed by atoms with Crippen LogP contribution in [0, 0.1) is 0 Å². The SMILES string of the molecule is CN(CCCCCO)c1cncc(N)n1. The summed E-state index contributed by atoms with van der Waals surface area (Å²) >= 11 is 0. The number of hydrogen-bond acceptors (Lipinski definition) is 5. The number of rotatable bonds is 6. The molecule has 0 aliphatic carbocycles. The van der Waals surface area contributed by atoms with Gasteiger partial charge in [0.1, 0.15) is 11.6 Å². The molecule has 0 radical (unpaired) electrons. The third kappa shape index (κ3) is 4.12. The number of aliphatic hydroxyl groups is 1. The Morgan fingerprint density at radius 1 is 1.33 bits per heavy atom. The van der Waals surface area contributed by atoms with E-state index in [1.165, 1.54) is 6.20 Å². The molecule has 1 heterocycles. The highest BCUT2D eigenvalue weighted by Crippen LogP contribution is 2.09. The third-order valence-electron chi connectivity index (χ3n) is 2.18. The van der Waals surface area contributed by atoms with Gasteiger partial charge in [-0.15, -0.1) is 0 Å². The molecule has 0 aliphatic heterocycles. The summed E-state index contributed by atoms with van der Waals surface area (Å²) in [7, 11) is 1.96. The van der Waals surface area contributed by atoms with Gasteiger partial charge >= 0.3 is 0 Å². The van der Waals surface area contributed by atoms with Crippen molar-refractivity contribution >= 4 is 11.6 Å². The van der Waals surface area contributed by atoms with Gasteiger partial charge in [0, 0.05) is 20.2 Å². The molecule has 0 aliphatic rings. The highest BCUT2D eigenvalue weighted by molar-refractivity contribution is 5.40. The molecule has 1 aromatic rings. The van der Waals surface area contributed by atoms with E-state index < -0.39 is 0 Å². The minimum atomic E-state index is 0.266. The molecule has 5 heteroatoms. The predicted molar refractivity (Wildman–Crippen MR) is 60.7 cm³/mol. The summed E-state index contributed by atoms with van der Waals surface area (Å²) in [6, 6.07) is 0. The summed E-state index contributed by atoms with van der Waals surface area (Å²) in [5.74, 6) is 1.23. The van der Waals surface area contributed by atoms with Gasteiger partial charge in [-0.05, 0) is 19.3 Å². The van der Waals surface area contributed by atoms with Crippen molar-refractivity contribution in [2.24, 2.45) is 0 Å². The fraction of sp³-hybridized carbons (Fsp3) is 0.600. The molecule has 0 atom stereocenters. The fourth-order valence-corrected chi connectivity index (χ4v) is 1.31. The highest BCUT2D eigenvalue weighted by atomic mass is 16.2. The molecule has 5 nitrogen and oxygen atoms in total. The van der Waals surface area contributed by atoms with Gasteiger partial charge in [0.05, 0.1) is 12.4 Å². The van der Waals surface area contributed by atoms with E-state index in [4.69, 9.17) is 10.8 Å². The first-order valence-corrected chi connectivity index (χ1v) is 5.13. The van der Waals surface area contributed by atoms with Crippen LogP contribution >= 0.6 is 0 Å². The smallest absolute Gasteiger partial charge is 0.149 e. The molecule has 1 rings (SSSR count). The van der Waals surface area contributed by atoms with E-state index in [2.05, 4.69) is 9.97 Å². The Kier molecular flexibility index (Phi) is 4.83. The van der Waals surface area contributed by atoms with Crippen molar-refractivity contribution in [3.63, 3.8) is 0 Å². The lowest BCUT2D eigenvalue weighted by molar-refractivity contribution is 0.283. The first-order valence-electron chi connectivity index (χ1n) is 5.13. The maximum absolute atomic E-state index is 8.63. The second kappa shape index (κ2) is 6.19. The van der Waals surface area contributed by atoms with Crippen LogP contribution in [-0.4, -0.2) is 35.3 Å². The maximum Gasteiger partial charge on any atom is 0.149 e. The van der Waals surface area contributed by atoms with Crippen LogP contribution in [-0.2, 0) is 0 Å². The van der Waals surface area contributed by atoms with Crippen LogP contribution in [0.4, 0.5) is 11.6 Å². The topological polar surface area (TPSA) is 75.3 Å². The molecule has 0 unspecified atom stereocenters. The monoisotopic (exact) mass is 210 g/mol. The second-order valence-corrected chi connectivity index (χ2v) is 3.51. The zero-order chi connectivity index (χ0) is 11.1. The number of anilines is 2. The summed E-state index contributed by atoms with van der Waals surface area (Å²) in [6.45, 7) is 1.17. The van der Waals surface area contributed by atoms with Crippen LogP contribution in [0.15, 0.2) is 12.4 Å². The van der Waals surface area contributed by atoms with Crippen LogP contribution < -0.4 is 10.6 Å². The number of aromatic nitrogens is 2. The van der Waals surface area contributed by atoms with Crippen molar-refractivity contribution in [3.05, 3.63) is 12.4 Å². The van der Waals surface area contributed by atoms with Gasteiger partial charge in [0.25, 0.3) is 0 Å².